The van der Waals surface area contributed by atoms with Crippen LogP contribution in [0.15, 0.2) is 16.4 Å². The lowest BCUT2D eigenvalue weighted by Crippen LogP contribution is -2.11. The fraction of sp³-hybridized carbons (Fsp3) is 0.700. The molecule has 0 N–H and O–H groups in total. The third-order valence-corrected chi connectivity index (χ3v) is 2.84. The molecular formula is C10H17NOS. The van der Waals surface area contributed by atoms with E-state index in [9.17, 15) is 4.79 Å². The molecule has 0 saturated heterocycles. The van der Waals surface area contributed by atoms with Crippen LogP contribution in [-0.4, -0.2) is 4.57 Å². The number of thiazole rings is 1. The summed E-state index contributed by atoms with van der Waals surface area (Å²) in [7, 11) is 0. The van der Waals surface area contributed by atoms with Gasteiger partial charge < -0.3 is 4.57 Å². The molecule has 1 heterocycles. The van der Waals surface area contributed by atoms with Crippen LogP contribution in [0.25, 0.3) is 0 Å². The normalized spacial score (nSPS) is 10.5. The van der Waals surface area contributed by atoms with Crippen molar-refractivity contribution in [1.82, 2.24) is 4.57 Å². The fourth-order valence-electron chi connectivity index (χ4n) is 1.34. The standard InChI is InChI=1S/C10H17NOS/c1-2-3-4-5-6-7-11-8-9-13-10(11)12/h8-9H,2-7H2,1H3. The molecule has 2 nitrogen and oxygen atoms in total. The van der Waals surface area contributed by atoms with Crippen molar-refractivity contribution in [3.63, 3.8) is 0 Å². The third kappa shape index (κ3) is 3.77. The molecule has 0 atom stereocenters. The second-order valence-corrected chi connectivity index (χ2v) is 4.13. The molecule has 1 rings (SSSR count). The summed E-state index contributed by atoms with van der Waals surface area (Å²) in [4.78, 5) is 11.3. The van der Waals surface area contributed by atoms with Gasteiger partial charge in [-0.25, -0.2) is 0 Å². The molecule has 0 aliphatic carbocycles. The molecule has 0 aromatic carbocycles. The Morgan fingerprint density at radius 3 is 2.69 bits per heavy atom. The maximum Gasteiger partial charge on any atom is 0.307 e. The highest BCUT2D eigenvalue weighted by atomic mass is 32.1. The molecule has 0 aliphatic rings. The van der Waals surface area contributed by atoms with Crippen LogP contribution in [0.2, 0.25) is 0 Å². The quantitative estimate of drug-likeness (QED) is 0.646. The summed E-state index contributed by atoms with van der Waals surface area (Å²) in [5, 5.41) is 1.86. The van der Waals surface area contributed by atoms with E-state index in [4.69, 9.17) is 0 Å². The number of hydrogen-bond acceptors (Lipinski definition) is 2. The minimum Gasteiger partial charge on any atom is -0.306 e. The van der Waals surface area contributed by atoms with E-state index in [1.54, 1.807) is 4.57 Å². The fourth-order valence-corrected chi connectivity index (χ4v) is 1.95. The lowest BCUT2D eigenvalue weighted by Gasteiger charge is -2.00. The lowest BCUT2D eigenvalue weighted by molar-refractivity contribution is 0.564. The van der Waals surface area contributed by atoms with Gasteiger partial charge in [-0.05, 0) is 6.42 Å². The highest BCUT2D eigenvalue weighted by Gasteiger charge is 1.95. The smallest absolute Gasteiger partial charge is 0.306 e. The average molecular weight is 199 g/mol. The topological polar surface area (TPSA) is 22.0 Å². The molecular weight excluding hydrogens is 182 g/mol. The number of nitrogens with zero attached hydrogens (tertiary/aromatic N) is 1. The summed E-state index contributed by atoms with van der Waals surface area (Å²) >= 11 is 1.28. The number of aromatic nitrogens is 1. The summed E-state index contributed by atoms with van der Waals surface area (Å²) in [5.41, 5.74) is 0. The summed E-state index contributed by atoms with van der Waals surface area (Å²) < 4.78 is 1.80. The van der Waals surface area contributed by atoms with Crippen LogP contribution in [0.4, 0.5) is 0 Å². The highest BCUT2D eigenvalue weighted by Crippen LogP contribution is 2.03. The van der Waals surface area contributed by atoms with Crippen molar-refractivity contribution >= 4 is 11.3 Å². The van der Waals surface area contributed by atoms with E-state index in [1.807, 2.05) is 11.6 Å². The first kappa shape index (κ1) is 10.5. The summed E-state index contributed by atoms with van der Waals surface area (Å²) in [6.07, 6.45) is 8.16. The predicted molar refractivity (Wildman–Crippen MR) is 57.3 cm³/mol. The van der Waals surface area contributed by atoms with Crippen LogP contribution in [0, 0.1) is 0 Å². The van der Waals surface area contributed by atoms with Gasteiger partial charge in [0.25, 0.3) is 0 Å². The van der Waals surface area contributed by atoms with Gasteiger partial charge in [0, 0.05) is 18.1 Å². The molecule has 13 heavy (non-hydrogen) atoms. The first-order chi connectivity index (χ1) is 6.34. The van der Waals surface area contributed by atoms with Crippen LogP contribution in [0.5, 0.6) is 0 Å². The van der Waals surface area contributed by atoms with Gasteiger partial charge in [0.05, 0.1) is 0 Å². The van der Waals surface area contributed by atoms with E-state index in [0.29, 0.717) is 0 Å². The number of hydrogen-bond donors (Lipinski definition) is 0. The second kappa shape index (κ2) is 5.97. The molecule has 74 valence electrons. The maximum absolute atomic E-state index is 11.1. The highest BCUT2D eigenvalue weighted by molar-refractivity contribution is 7.07. The lowest BCUT2D eigenvalue weighted by atomic mass is 10.1. The van der Waals surface area contributed by atoms with Gasteiger partial charge in [0.15, 0.2) is 0 Å². The van der Waals surface area contributed by atoms with E-state index in [2.05, 4.69) is 6.92 Å². The van der Waals surface area contributed by atoms with Crippen molar-refractivity contribution in [2.45, 2.75) is 45.6 Å². The van der Waals surface area contributed by atoms with Crippen LogP contribution in [-0.2, 0) is 6.54 Å². The largest absolute Gasteiger partial charge is 0.307 e. The van der Waals surface area contributed by atoms with E-state index in [1.165, 1.54) is 37.0 Å². The molecule has 0 amide bonds. The van der Waals surface area contributed by atoms with E-state index in [-0.39, 0.29) is 4.87 Å². The van der Waals surface area contributed by atoms with Gasteiger partial charge in [-0.1, -0.05) is 43.9 Å². The van der Waals surface area contributed by atoms with E-state index in [0.717, 1.165) is 13.0 Å². The summed E-state index contributed by atoms with van der Waals surface area (Å²) in [5.74, 6) is 0. The minimum atomic E-state index is 0.176. The molecule has 0 bridgehead atoms. The van der Waals surface area contributed by atoms with Gasteiger partial charge in [-0.15, -0.1) is 0 Å². The number of aryl methyl sites for hydroxylation is 1. The van der Waals surface area contributed by atoms with Crippen LogP contribution in [0.3, 0.4) is 0 Å². The molecule has 1 aromatic rings. The Hall–Kier alpha value is -0.570. The Balaban J connectivity index is 2.13. The Kier molecular flexibility index (Phi) is 4.83. The van der Waals surface area contributed by atoms with E-state index < -0.39 is 0 Å². The SMILES string of the molecule is CCCCCCCn1ccsc1=O. The van der Waals surface area contributed by atoms with Crippen molar-refractivity contribution in [2.24, 2.45) is 0 Å². The predicted octanol–water partition coefficient (Wildman–Crippen LogP) is 2.88. The zero-order chi connectivity index (χ0) is 9.52. The van der Waals surface area contributed by atoms with E-state index >= 15 is 0 Å². The Morgan fingerprint density at radius 2 is 2.08 bits per heavy atom. The summed E-state index contributed by atoms with van der Waals surface area (Å²) in [6.45, 7) is 3.11. The molecule has 0 radical (unpaired) electrons. The number of rotatable bonds is 6. The van der Waals surface area contributed by atoms with Crippen molar-refractivity contribution in [2.75, 3.05) is 0 Å². The van der Waals surface area contributed by atoms with Gasteiger partial charge >= 0.3 is 4.87 Å². The van der Waals surface area contributed by atoms with Gasteiger partial charge in [-0.2, -0.15) is 0 Å². The maximum atomic E-state index is 11.1. The summed E-state index contributed by atoms with van der Waals surface area (Å²) in [6, 6.07) is 0. The first-order valence-corrected chi connectivity index (χ1v) is 5.86. The van der Waals surface area contributed by atoms with Gasteiger partial charge in [-0.3, -0.25) is 4.79 Å². The molecule has 3 heteroatoms. The molecule has 0 aliphatic heterocycles. The Labute approximate surface area is 83.2 Å². The second-order valence-electron chi connectivity index (χ2n) is 3.28. The van der Waals surface area contributed by atoms with Crippen molar-refractivity contribution in [3.05, 3.63) is 21.2 Å². The molecule has 0 spiro atoms. The number of unbranched alkanes of at least 4 members (excludes halogenated alkanes) is 4. The molecule has 1 aromatic heterocycles. The molecule has 0 fully saturated rings. The zero-order valence-electron chi connectivity index (χ0n) is 8.16. The minimum absolute atomic E-state index is 0.176. The Morgan fingerprint density at radius 1 is 1.31 bits per heavy atom. The monoisotopic (exact) mass is 199 g/mol. The van der Waals surface area contributed by atoms with Crippen molar-refractivity contribution < 1.29 is 0 Å². The van der Waals surface area contributed by atoms with Crippen LogP contribution >= 0.6 is 11.3 Å². The van der Waals surface area contributed by atoms with Gasteiger partial charge in [0.1, 0.15) is 0 Å². The van der Waals surface area contributed by atoms with Crippen LogP contribution < -0.4 is 4.87 Å². The zero-order valence-corrected chi connectivity index (χ0v) is 8.98. The molecule has 0 saturated carbocycles. The molecule has 0 unspecified atom stereocenters. The van der Waals surface area contributed by atoms with Crippen molar-refractivity contribution in [3.8, 4) is 0 Å². The van der Waals surface area contributed by atoms with Crippen LogP contribution in [0.1, 0.15) is 39.0 Å². The van der Waals surface area contributed by atoms with Crippen molar-refractivity contribution in [1.29, 1.82) is 0 Å². The third-order valence-electron chi connectivity index (χ3n) is 2.15. The van der Waals surface area contributed by atoms with Gasteiger partial charge in [0.2, 0.25) is 0 Å². The first-order valence-electron chi connectivity index (χ1n) is 4.98. The average Bonchev–Trinajstić information content (AvgIpc) is 2.52. The Bertz CT molecular complexity index is 276.